The Balaban J connectivity index is 3.29. The molecule has 4 nitrogen and oxygen atoms in total. The number of phenols is 1. The Kier molecular flexibility index (Phi) is 3.03. The van der Waals surface area contributed by atoms with Gasteiger partial charge in [-0.25, -0.2) is 4.39 Å². The van der Waals surface area contributed by atoms with Crippen molar-refractivity contribution in [3.8, 4) is 11.5 Å². The highest BCUT2D eigenvalue weighted by Gasteiger charge is 2.15. The lowest BCUT2D eigenvalue weighted by molar-refractivity contribution is 0.0997. The average molecular weight is 199 g/mol. The summed E-state index contributed by atoms with van der Waals surface area (Å²) < 4.78 is 17.6. The first-order chi connectivity index (χ1) is 6.60. The number of ketones is 1. The number of Topliss-reactive ketones (excluding diaryl/α,β-unsaturated/α-hetero) is 1. The fourth-order valence-electron chi connectivity index (χ4n) is 1.05. The highest BCUT2D eigenvalue weighted by Crippen LogP contribution is 2.30. The van der Waals surface area contributed by atoms with Crippen molar-refractivity contribution in [2.45, 2.75) is 0 Å². The van der Waals surface area contributed by atoms with Gasteiger partial charge >= 0.3 is 0 Å². The predicted octanol–water partition coefficient (Wildman–Crippen LogP) is 0.681. The molecule has 0 heterocycles. The number of rotatable bonds is 3. The third-order valence-electron chi connectivity index (χ3n) is 1.75. The van der Waals surface area contributed by atoms with Crippen LogP contribution in [0, 0.1) is 5.82 Å². The van der Waals surface area contributed by atoms with Gasteiger partial charge in [0.15, 0.2) is 17.3 Å². The summed E-state index contributed by atoms with van der Waals surface area (Å²) in [6, 6.07) is 1.91. The SMILES string of the molecule is COc1cc(F)cc(C(=O)CN)c1O. The van der Waals surface area contributed by atoms with E-state index >= 15 is 0 Å². The maximum absolute atomic E-state index is 12.9. The molecule has 0 bridgehead atoms. The highest BCUT2D eigenvalue weighted by atomic mass is 19.1. The number of halogens is 1. The summed E-state index contributed by atoms with van der Waals surface area (Å²) >= 11 is 0. The number of carbonyl (C=O) groups excluding carboxylic acids is 1. The molecule has 1 rings (SSSR count). The number of hydrogen-bond donors (Lipinski definition) is 2. The Bertz CT molecular complexity index is 365. The summed E-state index contributed by atoms with van der Waals surface area (Å²) in [6.07, 6.45) is 0. The molecule has 76 valence electrons. The molecule has 0 aliphatic carbocycles. The molecule has 0 unspecified atom stereocenters. The second kappa shape index (κ2) is 4.06. The van der Waals surface area contributed by atoms with Crippen molar-refractivity contribution in [3.05, 3.63) is 23.5 Å². The molecule has 14 heavy (non-hydrogen) atoms. The lowest BCUT2D eigenvalue weighted by Crippen LogP contribution is -2.14. The smallest absolute Gasteiger partial charge is 0.180 e. The number of methoxy groups -OCH3 is 1. The summed E-state index contributed by atoms with van der Waals surface area (Å²) in [4.78, 5) is 11.1. The number of phenolic OH excluding ortho intramolecular Hbond substituents is 1. The van der Waals surface area contributed by atoms with Crippen LogP contribution in [0.25, 0.3) is 0 Å². The molecular weight excluding hydrogens is 189 g/mol. The minimum Gasteiger partial charge on any atom is -0.504 e. The summed E-state index contributed by atoms with van der Waals surface area (Å²) in [5.41, 5.74) is 4.93. The van der Waals surface area contributed by atoms with Gasteiger partial charge in [-0.3, -0.25) is 4.79 Å². The third-order valence-corrected chi connectivity index (χ3v) is 1.75. The Morgan fingerprint density at radius 1 is 1.64 bits per heavy atom. The van der Waals surface area contributed by atoms with Crippen LogP contribution >= 0.6 is 0 Å². The minimum atomic E-state index is -0.656. The van der Waals surface area contributed by atoms with Crippen LogP contribution in [-0.4, -0.2) is 24.5 Å². The first kappa shape index (κ1) is 10.5. The molecule has 0 atom stereocenters. The van der Waals surface area contributed by atoms with Crippen LogP contribution in [0.15, 0.2) is 12.1 Å². The van der Waals surface area contributed by atoms with Gasteiger partial charge in [0, 0.05) is 6.07 Å². The third kappa shape index (κ3) is 1.82. The molecule has 0 saturated heterocycles. The van der Waals surface area contributed by atoms with Crippen LogP contribution in [0.1, 0.15) is 10.4 Å². The number of aromatic hydroxyl groups is 1. The summed E-state index contributed by atoms with van der Waals surface area (Å²) in [6.45, 7) is -0.292. The van der Waals surface area contributed by atoms with Gasteiger partial charge in [-0.2, -0.15) is 0 Å². The first-order valence-corrected chi connectivity index (χ1v) is 3.90. The Morgan fingerprint density at radius 3 is 2.79 bits per heavy atom. The van der Waals surface area contributed by atoms with Crippen molar-refractivity contribution in [3.63, 3.8) is 0 Å². The van der Waals surface area contributed by atoms with Gasteiger partial charge < -0.3 is 15.6 Å². The zero-order chi connectivity index (χ0) is 10.7. The molecule has 0 radical (unpaired) electrons. The Labute approximate surface area is 80.1 Å². The second-order valence-corrected chi connectivity index (χ2v) is 2.63. The molecule has 0 saturated carbocycles. The maximum atomic E-state index is 12.9. The molecular formula is C9H10FNO3. The number of ether oxygens (including phenoxy) is 1. The van der Waals surface area contributed by atoms with E-state index < -0.39 is 11.6 Å². The first-order valence-electron chi connectivity index (χ1n) is 3.90. The number of carbonyl (C=O) groups is 1. The summed E-state index contributed by atoms with van der Waals surface area (Å²) in [7, 11) is 1.27. The Hall–Kier alpha value is -1.62. The Morgan fingerprint density at radius 2 is 2.29 bits per heavy atom. The predicted molar refractivity (Wildman–Crippen MR) is 48.0 cm³/mol. The molecule has 0 amide bonds. The number of nitrogens with two attached hydrogens (primary N) is 1. The molecule has 1 aromatic carbocycles. The molecule has 0 aliphatic rings. The monoisotopic (exact) mass is 199 g/mol. The topological polar surface area (TPSA) is 72.5 Å². The lowest BCUT2D eigenvalue weighted by atomic mass is 10.1. The van der Waals surface area contributed by atoms with Gasteiger partial charge in [0.05, 0.1) is 19.2 Å². The van der Waals surface area contributed by atoms with E-state index in [9.17, 15) is 14.3 Å². The fraction of sp³-hybridized carbons (Fsp3) is 0.222. The minimum absolute atomic E-state index is 0.0817. The second-order valence-electron chi connectivity index (χ2n) is 2.63. The normalized spacial score (nSPS) is 9.93. The molecule has 3 N–H and O–H groups in total. The number of benzene rings is 1. The van der Waals surface area contributed by atoms with Crippen molar-refractivity contribution in [1.29, 1.82) is 0 Å². The summed E-state index contributed by atoms with van der Waals surface area (Å²) in [5, 5.41) is 9.45. The van der Waals surface area contributed by atoms with Crippen molar-refractivity contribution >= 4 is 5.78 Å². The van der Waals surface area contributed by atoms with Crippen LogP contribution in [0.5, 0.6) is 11.5 Å². The standard InChI is InChI=1S/C9H10FNO3/c1-14-8-3-5(10)2-6(9(8)13)7(12)4-11/h2-3,13H,4,11H2,1H3. The zero-order valence-corrected chi connectivity index (χ0v) is 7.58. The van der Waals surface area contributed by atoms with Crippen LogP contribution in [0.4, 0.5) is 4.39 Å². The van der Waals surface area contributed by atoms with Crippen LogP contribution < -0.4 is 10.5 Å². The van der Waals surface area contributed by atoms with E-state index in [1.54, 1.807) is 0 Å². The maximum Gasteiger partial charge on any atom is 0.180 e. The van der Waals surface area contributed by atoms with Crippen LogP contribution in [0.2, 0.25) is 0 Å². The van der Waals surface area contributed by atoms with E-state index in [1.165, 1.54) is 7.11 Å². The lowest BCUT2D eigenvalue weighted by Gasteiger charge is -2.07. The number of hydrogen-bond acceptors (Lipinski definition) is 4. The fourth-order valence-corrected chi connectivity index (χ4v) is 1.05. The average Bonchev–Trinajstić information content (AvgIpc) is 2.19. The molecule has 1 aromatic rings. The van der Waals surface area contributed by atoms with Gasteiger partial charge in [-0.1, -0.05) is 0 Å². The van der Waals surface area contributed by atoms with Gasteiger partial charge in [-0.15, -0.1) is 0 Å². The van der Waals surface area contributed by atoms with Crippen molar-refractivity contribution in [2.75, 3.05) is 13.7 Å². The van der Waals surface area contributed by atoms with Crippen molar-refractivity contribution in [2.24, 2.45) is 5.73 Å². The largest absolute Gasteiger partial charge is 0.504 e. The molecule has 0 aliphatic heterocycles. The molecule has 5 heteroatoms. The van der Waals surface area contributed by atoms with Gasteiger partial charge in [0.2, 0.25) is 0 Å². The van der Waals surface area contributed by atoms with E-state index in [0.717, 1.165) is 12.1 Å². The van der Waals surface area contributed by atoms with Gasteiger partial charge in [0.1, 0.15) is 5.82 Å². The molecule has 0 aromatic heterocycles. The van der Waals surface area contributed by atoms with Crippen molar-refractivity contribution < 1.29 is 19.0 Å². The van der Waals surface area contributed by atoms with Crippen LogP contribution in [0.3, 0.4) is 0 Å². The van der Waals surface area contributed by atoms with E-state index in [0.29, 0.717) is 0 Å². The van der Waals surface area contributed by atoms with Crippen molar-refractivity contribution in [1.82, 2.24) is 0 Å². The molecule has 0 spiro atoms. The molecule has 0 fully saturated rings. The van der Waals surface area contributed by atoms with E-state index in [1.807, 2.05) is 0 Å². The van der Waals surface area contributed by atoms with E-state index in [2.05, 4.69) is 4.74 Å². The zero-order valence-electron chi connectivity index (χ0n) is 7.58. The quantitative estimate of drug-likeness (QED) is 0.702. The van der Waals surface area contributed by atoms with E-state index in [-0.39, 0.29) is 23.6 Å². The van der Waals surface area contributed by atoms with Crippen LogP contribution in [-0.2, 0) is 0 Å². The highest BCUT2D eigenvalue weighted by molar-refractivity contribution is 6.00. The van der Waals surface area contributed by atoms with E-state index in [4.69, 9.17) is 5.73 Å². The summed E-state index contributed by atoms with van der Waals surface area (Å²) in [5.74, 6) is -1.66. The van der Waals surface area contributed by atoms with Gasteiger partial charge in [-0.05, 0) is 6.07 Å². The van der Waals surface area contributed by atoms with Gasteiger partial charge in [0.25, 0.3) is 0 Å².